The molecule has 1 aliphatic carbocycles. The molecular weight excluding hydrogens is 304 g/mol. The van der Waals surface area contributed by atoms with Gasteiger partial charge in [0.05, 0.1) is 6.20 Å². The quantitative estimate of drug-likeness (QED) is 0.918. The number of nitrogens with one attached hydrogen (secondary N) is 1. The Labute approximate surface area is 140 Å². The van der Waals surface area contributed by atoms with Gasteiger partial charge in [0.1, 0.15) is 17.8 Å². The highest BCUT2D eigenvalue weighted by molar-refractivity contribution is 5.92. The van der Waals surface area contributed by atoms with E-state index in [1.807, 2.05) is 0 Å². The summed E-state index contributed by atoms with van der Waals surface area (Å²) >= 11 is 0. The van der Waals surface area contributed by atoms with Crippen molar-refractivity contribution in [2.45, 2.75) is 37.6 Å². The monoisotopic (exact) mass is 324 g/mol. The molecule has 2 fully saturated rings. The Morgan fingerprint density at radius 2 is 2.08 bits per heavy atom. The minimum Gasteiger partial charge on any atom is -0.354 e. The van der Waals surface area contributed by atoms with Crippen LogP contribution in [-0.2, 0) is 0 Å². The second kappa shape index (κ2) is 6.51. The average Bonchev–Trinajstić information content (AvgIpc) is 3.48. The van der Waals surface area contributed by atoms with Gasteiger partial charge in [-0.3, -0.25) is 9.78 Å². The van der Waals surface area contributed by atoms with Crippen molar-refractivity contribution in [2.75, 3.05) is 18.0 Å². The molecule has 0 aromatic carbocycles. The summed E-state index contributed by atoms with van der Waals surface area (Å²) in [5, 5.41) is 3.06. The maximum Gasteiger partial charge on any atom is 0.271 e. The van der Waals surface area contributed by atoms with Crippen molar-refractivity contribution in [2.24, 2.45) is 0 Å². The van der Waals surface area contributed by atoms with Crippen LogP contribution in [0.4, 0.5) is 5.82 Å². The lowest BCUT2D eigenvalue weighted by Gasteiger charge is -2.34. The van der Waals surface area contributed by atoms with Gasteiger partial charge in [0.15, 0.2) is 0 Å². The molecule has 2 aromatic rings. The standard InChI is InChI=1S/C17H20N6O/c24-17(15-9-18-5-6-19-15)22-13-2-1-7-23(10-13)16-8-14(12-3-4-12)20-11-21-16/h5-6,8-9,11-13H,1-4,7,10H2,(H,22,24). The number of amides is 1. The molecule has 1 unspecified atom stereocenters. The van der Waals surface area contributed by atoms with Gasteiger partial charge in [-0.2, -0.15) is 0 Å². The number of hydrogen-bond donors (Lipinski definition) is 1. The first kappa shape index (κ1) is 15.0. The molecule has 1 aliphatic heterocycles. The van der Waals surface area contributed by atoms with Gasteiger partial charge in [0.25, 0.3) is 5.91 Å². The maximum absolute atomic E-state index is 12.3. The highest BCUT2D eigenvalue weighted by Crippen LogP contribution is 2.39. The van der Waals surface area contributed by atoms with Crippen molar-refractivity contribution in [3.05, 3.63) is 42.4 Å². The molecule has 4 rings (SSSR count). The predicted molar refractivity (Wildman–Crippen MR) is 88.7 cm³/mol. The molecule has 0 bridgehead atoms. The van der Waals surface area contributed by atoms with Crippen molar-refractivity contribution in [1.29, 1.82) is 0 Å². The van der Waals surface area contributed by atoms with Crippen molar-refractivity contribution in [1.82, 2.24) is 25.3 Å². The number of hydrogen-bond acceptors (Lipinski definition) is 6. The van der Waals surface area contributed by atoms with Crippen molar-refractivity contribution < 1.29 is 4.79 Å². The lowest BCUT2D eigenvalue weighted by atomic mass is 10.1. The Bertz CT molecular complexity index is 718. The SMILES string of the molecule is O=C(NC1CCCN(c2cc(C3CC3)ncn2)C1)c1cnccn1. The van der Waals surface area contributed by atoms with Gasteiger partial charge in [-0.25, -0.2) is 15.0 Å². The Hall–Kier alpha value is -2.57. The van der Waals surface area contributed by atoms with E-state index in [1.54, 1.807) is 12.5 Å². The van der Waals surface area contributed by atoms with Crippen LogP contribution in [0.5, 0.6) is 0 Å². The van der Waals surface area contributed by atoms with E-state index in [4.69, 9.17) is 0 Å². The third-order valence-corrected chi connectivity index (χ3v) is 4.55. The Balaban J connectivity index is 1.42. The largest absolute Gasteiger partial charge is 0.354 e. The fourth-order valence-corrected chi connectivity index (χ4v) is 3.12. The average molecular weight is 324 g/mol. The molecule has 7 nitrogen and oxygen atoms in total. The molecule has 3 heterocycles. The number of carbonyl (C=O) groups is 1. The van der Waals surface area contributed by atoms with Crippen LogP contribution < -0.4 is 10.2 Å². The van der Waals surface area contributed by atoms with Gasteiger partial charge in [0.2, 0.25) is 0 Å². The highest BCUT2D eigenvalue weighted by atomic mass is 16.2. The second-order valence-corrected chi connectivity index (χ2v) is 6.42. The van der Waals surface area contributed by atoms with Crippen molar-refractivity contribution >= 4 is 11.7 Å². The van der Waals surface area contributed by atoms with E-state index >= 15 is 0 Å². The summed E-state index contributed by atoms with van der Waals surface area (Å²) in [7, 11) is 0. The summed E-state index contributed by atoms with van der Waals surface area (Å²) in [6, 6.07) is 2.19. The molecule has 124 valence electrons. The van der Waals surface area contributed by atoms with Crippen LogP contribution in [0.1, 0.15) is 47.8 Å². The summed E-state index contributed by atoms with van der Waals surface area (Å²) in [5.74, 6) is 1.41. The summed E-state index contributed by atoms with van der Waals surface area (Å²) in [5.41, 5.74) is 1.50. The molecule has 0 radical (unpaired) electrons. The van der Waals surface area contributed by atoms with Crippen LogP contribution in [0.2, 0.25) is 0 Å². The van der Waals surface area contributed by atoms with E-state index in [2.05, 4.69) is 36.2 Å². The molecule has 1 N–H and O–H groups in total. The van der Waals surface area contributed by atoms with Crippen LogP contribution in [0.25, 0.3) is 0 Å². The number of rotatable bonds is 4. The first-order valence-corrected chi connectivity index (χ1v) is 8.43. The first-order chi connectivity index (χ1) is 11.8. The third-order valence-electron chi connectivity index (χ3n) is 4.55. The van der Waals surface area contributed by atoms with E-state index in [-0.39, 0.29) is 11.9 Å². The van der Waals surface area contributed by atoms with Crippen LogP contribution in [-0.4, -0.2) is 45.0 Å². The van der Waals surface area contributed by atoms with Gasteiger partial charge < -0.3 is 10.2 Å². The molecule has 1 atom stereocenters. The molecular formula is C17H20N6O. The molecule has 0 spiro atoms. The molecule has 1 saturated carbocycles. The zero-order chi connectivity index (χ0) is 16.4. The van der Waals surface area contributed by atoms with Gasteiger partial charge in [0, 0.05) is 49.2 Å². The Morgan fingerprint density at radius 3 is 2.88 bits per heavy atom. The van der Waals surface area contributed by atoms with Gasteiger partial charge in [-0.05, 0) is 25.7 Å². The van der Waals surface area contributed by atoms with Crippen LogP contribution >= 0.6 is 0 Å². The van der Waals surface area contributed by atoms with Crippen molar-refractivity contribution in [3.8, 4) is 0 Å². The molecule has 1 amide bonds. The number of anilines is 1. The van der Waals surface area contributed by atoms with E-state index in [9.17, 15) is 4.79 Å². The van der Waals surface area contributed by atoms with Gasteiger partial charge in [-0.1, -0.05) is 0 Å². The molecule has 7 heteroatoms. The Kier molecular flexibility index (Phi) is 4.06. The summed E-state index contributed by atoms with van der Waals surface area (Å²) in [6.07, 6.45) is 10.7. The van der Waals surface area contributed by atoms with Gasteiger partial charge >= 0.3 is 0 Å². The number of carbonyl (C=O) groups excluding carboxylic acids is 1. The lowest BCUT2D eigenvalue weighted by molar-refractivity contribution is 0.0927. The predicted octanol–water partition coefficient (Wildman–Crippen LogP) is 1.54. The molecule has 2 aromatic heterocycles. The highest BCUT2D eigenvalue weighted by Gasteiger charge is 2.27. The summed E-state index contributed by atoms with van der Waals surface area (Å²) in [4.78, 5) is 31.3. The smallest absolute Gasteiger partial charge is 0.271 e. The van der Waals surface area contributed by atoms with Gasteiger partial charge in [-0.15, -0.1) is 0 Å². The van der Waals surface area contributed by atoms with E-state index in [0.717, 1.165) is 37.4 Å². The Morgan fingerprint density at radius 1 is 1.17 bits per heavy atom. The fraction of sp³-hybridized carbons (Fsp3) is 0.471. The topological polar surface area (TPSA) is 83.9 Å². The summed E-state index contributed by atoms with van der Waals surface area (Å²) in [6.45, 7) is 1.71. The lowest BCUT2D eigenvalue weighted by Crippen LogP contribution is -2.48. The van der Waals surface area contributed by atoms with E-state index in [1.165, 1.54) is 25.2 Å². The molecule has 24 heavy (non-hydrogen) atoms. The van der Waals surface area contributed by atoms with Crippen LogP contribution in [0, 0.1) is 0 Å². The van der Waals surface area contributed by atoms with Crippen LogP contribution in [0.3, 0.4) is 0 Å². The van der Waals surface area contributed by atoms with Crippen molar-refractivity contribution in [3.63, 3.8) is 0 Å². The first-order valence-electron chi connectivity index (χ1n) is 8.43. The minimum absolute atomic E-state index is 0.0904. The van der Waals surface area contributed by atoms with E-state index in [0.29, 0.717) is 11.6 Å². The normalized spacial score (nSPS) is 20.7. The second-order valence-electron chi connectivity index (χ2n) is 6.42. The zero-order valence-electron chi connectivity index (χ0n) is 13.4. The maximum atomic E-state index is 12.3. The minimum atomic E-state index is -0.170. The number of piperidine rings is 1. The van der Waals surface area contributed by atoms with Crippen LogP contribution in [0.15, 0.2) is 31.0 Å². The van der Waals surface area contributed by atoms with E-state index < -0.39 is 0 Å². The number of nitrogens with zero attached hydrogens (tertiary/aromatic N) is 5. The number of aromatic nitrogens is 4. The molecule has 1 saturated heterocycles. The zero-order valence-corrected chi connectivity index (χ0v) is 13.4. The third kappa shape index (κ3) is 3.34. The summed E-state index contributed by atoms with van der Waals surface area (Å²) < 4.78 is 0. The fourth-order valence-electron chi connectivity index (χ4n) is 3.12. The molecule has 2 aliphatic rings.